The van der Waals surface area contributed by atoms with Crippen LogP contribution in [0.2, 0.25) is 0 Å². The van der Waals surface area contributed by atoms with Gasteiger partial charge in [-0.3, -0.25) is 0 Å². The van der Waals surface area contributed by atoms with E-state index >= 15 is 0 Å². The van der Waals surface area contributed by atoms with E-state index in [1.165, 1.54) is 27.7 Å². The van der Waals surface area contributed by atoms with Crippen molar-refractivity contribution in [3.8, 4) is 0 Å². The van der Waals surface area contributed by atoms with Gasteiger partial charge in [0.15, 0.2) is 0 Å². The van der Waals surface area contributed by atoms with Crippen LogP contribution in [0.5, 0.6) is 0 Å². The number of aliphatic carboxylic acids is 4. The van der Waals surface area contributed by atoms with E-state index in [9.17, 15) is 19.2 Å². The molecule has 11 heteroatoms. The quantitative estimate of drug-likeness (QED) is 0.299. The number of ether oxygens (including phenoxy) is 3. The Morgan fingerprint density at radius 3 is 0.879 bits per heavy atom. The lowest BCUT2D eigenvalue weighted by atomic mass is 10.4. The van der Waals surface area contributed by atoms with Crippen LogP contribution in [0.1, 0.15) is 27.7 Å². The molecular formula is C22H34O11. The van der Waals surface area contributed by atoms with Crippen molar-refractivity contribution in [2.75, 3.05) is 26.4 Å². The molecule has 0 saturated carbocycles. The molecule has 2 aliphatic heterocycles. The Hall–Kier alpha value is -3.28. The van der Waals surface area contributed by atoms with Crippen molar-refractivity contribution in [2.45, 2.75) is 39.9 Å². The van der Waals surface area contributed by atoms with Gasteiger partial charge in [-0.2, -0.15) is 0 Å². The molecule has 2 saturated heterocycles. The summed E-state index contributed by atoms with van der Waals surface area (Å²) in [6.45, 7) is 21.7. The number of rotatable bonds is 8. The van der Waals surface area contributed by atoms with Crippen molar-refractivity contribution in [3.05, 3.63) is 48.6 Å². The highest BCUT2D eigenvalue weighted by atomic mass is 16.6. The number of epoxide rings is 2. The van der Waals surface area contributed by atoms with Crippen LogP contribution in [0.15, 0.2) is 48.6 Å². The average molecular weight is 475 g/mol. The molecule has 2 unspecified atom stereocenters. The van der Waals surface area contributed by atoms with Gasteiger partial charge < -0.3 is 34.6 Å². The van der Waals surface area contributed by atoms with Gasteiger partial charge in [0.1, 0.15) is 12.2 Å². The molecule has 0 aromatic carbocycles. The Balaban J connectivity index is -0.000000347. The third kappa shape index (κ3) is 33.6. The van der Waals surface area contributed by atoms with Gasteiger partial charge in [-0.25, -0.2) is 19.2 Å². The second-order valence-electron chi connectivity index (χ2n) is 6.79. The summed E-state index contributed by atoms with van der Waals surface area (Å²) in [5.41, 5.74) is 0.704. The monoisotopic (exact) mass is 474 g/mol. The predicted octanol–water partition coefficient (Wildman–Crippen LogP) is 2.39. The first-order valence-corrected chi connectivity index (χ1v) is 9.38. The van der Waals surface area contributed by atoms with Crippen molar-refractivity contribution in [3.63, 3.8) is 0 Å². The van der Waals surface area contributed by atoms with Gasteiger partial charge in [0, 0.05) is 22.3 Å². The molecule has 2 aliphatic rings. The molecule has 2 rings (SSSR count). The maximum absolute atomic E-state index is 9.60. The van der Waals surface area contributed by atoms with Crippen LogP contribution in [-0.2, 0) is 33.4 Å². The summed E-state index contributed by atoms with van der Waals surface area (Å²) in [6.07, 6.45) is 0.785. The molecule has 0 aromatic heterocycles. The van der Waals surface area contributed by atoms with E-state index in [0.29, 0.717) is 12.2 Å². The van der Waals surface area contributed by atoms with Crippen molar-refractivity contribution in [1.29, 1.82) is 0 Å². The summed E-state index contributed by atoms with van der Waals surface area (Å²) in [5.74, 6) is -3.74. The minimum Gasteiger partial charge on any atom is -0.478 e. The summed E-state index contributed by atoms with van der Waals surface area (Å²) in [7, 11) is 0. The van der Waals surface area contributed by atoms with Crippen LogP contribution in [0, 0.1) is 0 Å². The Morgan fingerprint density at radius 1 is 0.636 bits per heavy atom. The van der Waals surface area contributed by atoms with Crippen LogP contribution in [0.4, 0.5) is 0 Å². The lowest BCUT2D eigenvalue weighted by Gasteiger charge is -1.95. The Morgan fingerprint density at radius 2 is 0.788 bits per heavy atom. The molecule has 0 radical (unpaired) electrons. The maximum Gasteiger partial charge on any atom is 0.330 e. The van der Waals surface area contributed by atoms with Gasteiger partial charge >= 0.3 is 23.9 Å². The third-order valence-electron chi connectivity index (χ3n) is 2.87. The van der Waals surface area contributed by atoms with E-state index in [1.54, 1.807) is 0 Å². The fourth-order valence-electron chi connectivity index (χ4n) is 0.659. The van der Waals surface area contributed by atoms with Crippen LogP contribution in [-0.4, -0.2) is 82.9 Å². The molecule has 2 fully saturated rings. The van der Waals surface area contributed by atoms with Crippen LogP contribution in [0.3, 0.4) is 0 Å². The number of carboxylic acids is 4. The van der Waals surface area contributed by atoms with Gasteiger partial charge in [-0.1, -0.05) is 26.3 Å². The van der Waals surface area contributed by atoms with E-state index < -0.39 is 23.9 Å². The SMILES string of the molecule is C(OCC1CO1)C1CO1.C=C(C)C(=O)O.C=C(C)C(=O)O.C=C(C)C(=O)O.C=C(C)C(=O)O. The van der Waals surface area contributed by atoms with Crippen LogP contribution < -0.4 is 0 Å². The smallest absolute Gasteiger partial charge is 0.330 e. The minimum atomic E-state index is -0.935. The largest absolute Gasteiger partial charge is 0.478 e. The molecule has 0 aromatic rings. The van der Waals surface area contributed by atoms with Gasteiger partial charge in [0.2, 0.25) is 0 Å². The van der Waals surface area contributed by atoms with Crippen molar-refractivity contribution < 1.29 is 53.8 Å². The first-order valence-electron chi connectivity index (χ1n) is 9.38. The topological polar surface area (TPSA) is 183 Å². The lowest BCUT2D eigenvalue weighted by molar-refractivity contribution is -0.133. The van der Waals surface area contributed by atoms with E-state index in [1.807, 2.05) is 0 Å². The first kappa shape index (κ1) is 34.3. The Kier molecular flexibility index (Phi) is 20.2. The standard InChI is InChI=1S/C6H10O3.4C4H6O2/c1(5-3-8-5)7-2-6-4-9-6;4*1-3(2)4(5)6/h5-6H,1-4H2;4*1H2,2H3,(H,5,6). The summed E-state index contributed by atoms with van der Waals surface area (Å²) in [6, 6.07) is 0. The molecule has 2 heterocycles. The molecule has 4 N–H and O–H groups in total. The van der Waals surface area contributed by atoms with Gasteiger partial charge in [0.25, 0.3) is 0 Å². The second-order valence-corrected chi connectivity index (χ2v) is 6.79. The maximum atomic E-state index is 9.60. The molecule has 33 heavy (non-hydrogen) atoms. The predicted molar refractivity (Wildman–Crippen MR) is 120 cm³/mol. The molecule has 188 valence electrons. The van der Waals surface area contributed by atoms with E-state index in [0.717, 1.165) is 26.4 Å². The zero-order valence-corrected chi connectivity index (χ0v) is 19.5. The van der Waals surface area contributed by atoms with Gasteiger partial charge in [-0.05, 0) is 27.7 Å². The third-order valence-corrected chi connectivity index (χ3v) is 2.87. The highest BCUT2D eigenvalue weighted by Gasteiger charge is 2.26. The van der Waals surface area contributed by atoms with Gasteiger partial charge in [0.05, 0.1) is 26.4 Å². The zero-order chi connectivity index (χ0) is 26.7. The fourth-order valence-corrected chi connectivity index (χ4v) is 0.659. The fraction of sp³-hybridized carbons (Fsp3) is 0.455. The highest BCUT2D eigenvalue weighted by molar-refractivity contribution is 5.85. The van der Waals surface area contributed by atoms with Crippen molar-refractivity contribution in [1.82, 2.24) is 0 Å². The molecule has 0 aliphatic carbocycles. The molecule has 11 nitrogen and oxygen atoms in total. The normalized spacial score (nSPS) is 16.0. The molecule has 2 atom stereocenters. The molecule has 0 bridgehead atoms. The molecule has 0 amide bonds. The van der Waals surface area contributed by atoms with Crippen LogP contribution in [0.25, 0.3) is 0 Å². The van der Waals surface area contributed by atoms with Gasteiger partial charge in [-0.15, -0.1) is 0 Å². The summed E-state index contributed by atoms with van der Waals surface area (Å²) in [5, 5.41) is 31.6. The molecule has 0 spiro atoms. The highest BCUT2D eigenvalue weighted by Crippen LogP contribution is 2.12. The lowest BCUT2D eigenvalue weighted by Crippen LogP contribution is -2.06. The van der Waals surface area contributed by atoms with Crippen molar-refractivity contribution in [2.24, 2.45) is 0 Å². The summed E-state index contributed by atoms with van der Waals surface area (Å²) < 4.78 is 15.1. The summed E-state index contributed by atoms with van der Waals surface area (Å²) >= 11 is 0. The van der Waals surface area contributed by atoms with Crippen LogP contribution >= 0.6 is 0 Å². The van der Waals surface area contributed by atoms with E-state index in [4.69, 9.17) is 34.6 Å². The van der Waals surface area contributed by atoms with E-state index in [2.05, 4.69) is 26.3 Å². The summed E-state index contributed by atoms with van der Waals surface area (Å²) in [4.78, 5) is 38.4. The van der Waals surface area contributed by atoms with Crippen molar-refractivity contribution >= 4 is 23.9 Å². The minimum absolute atomic E-state index is 0.176. The number of hydrogen-bond acceptors (Lipinski definition) is 7. The Bertz CT molecular complexity index is 558. The number of carbonyl (C=O) groups is 4. The van der Waals surface area contributed by atoms with E-state index in [-0.39, 0.29) is 22.3 Å². The first-order chi connectivity index (χ1) is 15.0. The zero-order valence-electron chi connectivity index (χ0n) is 19.5. The second kappa shape index (κ2) is 19.4. The number of hydrogen-bond donors (Lipinski definition) is 4. The molecular weight excluding hydrogens is 440 g/mol. The Labute approximate surface area is 193 Å². The number of carboxylic acid groups (broad SMARTS) is 4. The average Bonchev–Trinajstić information content (AvgIpc) is 3.59.